The normalized spacial score (nSPS) is 18.9. The van der Waals surface area contributed by atoms with Crippen molar-refractivity contribution in [2.75, 3.05) is 10.6 Å². The molecule has 6 nitrogen and oxygen atoms in total. The van der Waals surface area contributed by atoms with E-state index >= 15 is 0 Å². The number of nitrogens with one attached hydrogen (secondary N) is 2. The second-order valence-electron chi connectivity index (χ2n) is 10.3. The van der Waals surface area contributed by atoms with E-state index in [9.17, 15) is 9.65 Å². The molecule has 1 aromatic carbocycles. The number of rotatable bonds is 7. The molecule has 0 spiro atoms. The second-order valence-corrected chi connectivity index (χ2v) is 16.3. The largest absolute Gasteiger partial charge is 0.413 e. The number of anilines is 3. The highest BCUT2D eigenvalue weighted by Crippen LogP contribution is 2.38. The van der Waals surface area contributed by atoms with E-state index in [0.29, 0.717) is 33.2 Å². The maximum Gasteiger partial charge on any atom is 0.229 e. The Morgan fingerprint density at radius 1 is 1.29 bits per heavy atom. The summed E-state index contributed by atoms with van der Waals surface area (Å²) in [5.74, 6) is 0.269. The van der Waals surface area contributed by atoms with Gasteiger partial charge in [0.2, 0.25) is 5.95 Å². The Hall–Kier alpha value is -1.73. The van der Waals surface area contributed by atoms with Gasteiger partial charge in [-0.3, -0.25) is 0 Å². The van der Waals surface area contributed by atoms with E-state index in [-0.39, 0.29) is 22.9 Å². The van der Waals surface area contributed by atoms with Crippen LogP contribution < -0.4 is 10.6 Å². The van der Waals surface area contributed by atoms with Crippen LogP contribution in [0.25, 0.3) is 0 Å². The van der Waals surface area contributed by atoms with Crippen LogP contribution in [0.5, 0.6) is 0 Å². The van der Waals surface area contributed by atoms with Gasteiger partial charge in [0.1, 0.15) is 10.8 Å². The van der Waals surface area contributed by atoms with E-state index in [2.05, 4.69) is 76.5 Å². The lowest BCUT2D eigenvalue weighted by Crippen LogP contribution is -2.40. The zero-order valence-corrected chi connectivity index (χ0v) is 23.6. The molecule has 1 aromatic heterocycles. The predicted molar refractivity (Wildman–Crippen MR) is 141 cm³/mol. The van der Waals surface area contributed by atoms with Gasteiger partial charge in [-0.25, -0.2) is 9.37 Å². The van der Waals surface area contributed by atoms with Crippen molar-refractivity contribution in [2.45, 2.75) is 77.2 Å². The molecule has 0 bridgehead atoms. The van der Waals surface area contributed by atoms with Crippen LogP contribution in [0.15, 0.2) is 22.8 Å². The van der Waals surface area contributed by atoms with Gasteiger partial charge in [0.15, 0.2) is 14.1 Å². The fraction of sp³-hybridized carbons (Fsp3) is 0.542. The molecule has 3 rings (SSSR count). The maximum absolute atomic E-state index is 14.7. The highest BCUT2D eigenvalue weighted by Gasteiger charge is 2.37. The first-order chi connectivity index (χ1) is 15.9. The molecule has 0 aliphatic heterocycles. The summed E-state index contributed by atoms with van der Waals surface area (Å²) in [4.78, 5) is 8.74. The summed E-state index contributed by atoms with van der Waals surface area (Å²) in [7, 11) is -2.00. The van der Waals surface area contributed by atoms with Crippen molar-refractivity contribution in [3.63, 3.8) is 0 Å². The molecule has 0 saturated heterocycles. The fourth-order valence-electron chi connectivity index (χ4n) is 3.59. The van der Waals surface area contributed by atoms with Crippen molar-refractivity contribution in [1.29, 1.82) is 5.26 Å². The van der Waals surface area contributed by atoms with Gasteiger partial charge in [-0.15, -0.1) is 0 Å². The summed E-state index contributed by atoms with van der Waals surface area (Å²) in [5, 5.41) is 16.3. The van der Waals surface area contributed by atoms with Crippen LogP contribution in [0.3, 0.4) is 0 Å². The first kappa shape index (κ1) is 26.9. The minimum Gasteiger partial charge on any atom is -0.413 e. The Bertz CT molecular complexity index is 1070. The van der Waals surface area contributed by atoms with Crippen LogP contribution in [0, 0.1) is 23.1 Å². The van der Waals surface area contributed by atoms with Gasteiger partial charge in [0, 0.05) is 11.7 Å². The third-order valence-electron chi connectivity index (χ3n) is 6.75. The van der Waals surface area contributed by atoms with E-state index in [1.54, 1.807) is 0 Å². The van der Waals surface area contributed by atoms with Crippen molar-refractivity contribution < 1.29 is 8.82 Å². The number of aromatic nitrogens is 2. The van der Waals surface area contributed by atoms with Gasteiger partial charge in [-0.05, 0) is 64.6 Å². The Balaban J connectivity index is 1.79. The van der Waals surface area contributed by atoms with Gasteiger partial charge in [0.05, 0.1) is 29.3 Å². The molecule has 184 valence electrons. The summed E-state index contributed by atoms with van der Waals surface area (Å²) in [6.07, 6.45) is 5.36. The van der Waals surface area contributed by atoms with Gasteiger partial charge >= 0.3 is 0 Å². The standard InChI is InChI=1S/C24H32BrClFN5OSi/c1-24(2,3)34(4,5)33-14-16-10-17(11-19(27)21(16)25)30-23-29-13-18(26)22(32-23)31-20-9-7-6-8-15(20)12-28/h10-11,13,15,20H,6-9,14H2,1-5H3,(H2,29,30,31,32)/t15-,20+/m0/s1. The minimum atomic E-state index is -2.00. The Morgan fingerprint density at radius 3 is 2.68 bits per heavy atom. The summed E-state index contributed by atoms with van der Waals surface area (Å²) in [5.41, 5.74) is 1.22. The summed E-state index contributed by atoms with van der Waals surface area (Å²) >= 11 is 9.68. The molecule has 1 aliphatic carbocycles. The van der Waals surface area contributed by atoms with E-state index in [4.69, 9.17) is 16.0 Å². The Morgan fingerprint density at radius 2 is 2.00 bits per heavy atom. The predicted octanol–water partition coefficient (Wildman–Crippen LogP) is 7.79. The molecule has 1 aliphatic rings. The third-order valence-corrected chi connectivity index (χ3v) is 12.4. The Kier molecular flexibility index (Phi) is 8.61. The van der Waals surface area contributed by atoms with E-state index < -0.39 is 14.1 Å². The molecule has 2 aromatic rings. The van der Waals surface area contributed by atoms with Gasteiger partial charge in [0.25, 0.3) is 0 Å². The van der Waals surface area contributed by atoms with Crippen molar-refractivity contribution in [2.24, 2.45) is 5.92 Å². The molecule has 0 unspecified atom stereocenters. The summed E-state index contributed by atoms with van der Waals surface area (Å²) in [6.45, 7) is 11.1. The number of halogens is 3. The smallest absolute Gasteiger partial charge is 0.229 e. The summed E-state index contributed by atoms with van der Waals surface area (Å²) < 4.78 is 21.4. The second kappa shape index (κ2) is 10.9. The number of hydrogen-bond donors (Lipinski definition) is 2. The van der Waals surface area contributed by atoms with E-state index in [1.807, 2.05) is 6.07 Å². The first-order valence-electron chi connectivity index (χ1n) is 11.5. The van der Waals surface area contributed by atoms with Crippen molar-refractivity contribution >= 4 is 53.3 Å². The van der Waals surface area contributed by atoms with Gasteiger partial charge in [-0.2, -0.15) is 10.2 Å². The topological polar surface area (TPSA) is 82.9 Å². The monoisotopic (exact) mass is 567 g/mol. The molecule has 34 heavy (non-hydrogen) atoms. The number of nitriles is 1. The average molecular weight is 569 g/mol. The minimum absolute atomic E-state index is 0.0109. The van der Waals surface area contributed by atoms with Gasteiger partial charge < -0.3 is 15.1 Å². The molecule has 1 fully saturated rings. The molecule has 2 N–H and O–H groups in total. The maximum atomic E-state index is 14.7. The van der Waals surface area contributed by atoms with Crippen molar-refractivity contribution in [3.8, 4) is 6.07 Å². The summed E-state index contributed by atoms with van der Waals surface area (Å²) in [6, 6.07) is 5.59. The van der Waals surface area contributed by atoms with Crippen LogP contribution in [-0.4, -0.2) is 24.3 Å². The lowest BCUT2D eigenvalue weighted by Gasteiger charge is -2.36. The number of hydrogen-bond acceptors (Lipinski definition) is 6. The Labute approximate surface area is 215 Å². The highest BCUT2D eigenvalue weighted by atomic mass is 79.9. The molecule has 0 amide bonds. The zero-order valence-electron chi connectivity index (χ0n) is 20.3. The van der Waals surface area contributed by atoms with Crippen molar-refractivity contribution in [1.82, 2.24) is 9.97 Å². The average Bonchev–Trinajstić information content (AvgIpc) is 2.77. The molecule has 1 heterocycles. The lowest BCUT2D eigenvalue weighted by molar-refractivity contribution is 0.275. The fourth-order valence-corrected chi connectivity index (χ4v) is 5.03. The molecular weight excluding hydrogens is 537 g/mol. The third kappa shape index (κ3) is 6.48. The highest BCUT2D eigenvalue weighted by molar-refractivity contribution is 9.10. The van der Waals surface area contributed by atoms with Crippen LogP contribution in [0.4, 0.5) is 21.8 Å². The van der Waals surface area contributed by atoms with Crippen LogP contribution in [-0.2, 0) is 11.0 Å². The van der Waals surface area contributed by atoms with E-state index in [0.717, 1.165) is 25.7 Å². The van der Waals surface area contributed by atoms with Crippen molar-refractivity contribution in [3.05, 3.63) is 39.2 Å². The molecule has 2 atom stereocenters. The first-order valence-corrected chi connectivity index (χ1v) is 15.6. The van der Waals surface area contributed by atoms with Crippen LogP contribution in [0.2, 0.25) is 23.2 Å². The molecule has 1 saturated carbocycles. The van der Waals surface area contributed by atoms with Crippen LogP contribution >= 0.6 is 27.5 Å². The molecule has 0 radical (unpaired) electrons. The number of benzene rings is 1. The van der Waals surface area contributed by atoms with Gasteiger partial charge in [-0.1, -0.05) is 45.2 Å². The number of nitrogens with zero attached hydrogens (tertiary/aromatic N) is 3. The zero-order chi connectivity index (χ0) is 25.1. The lowest BCUT2D eigenvalue weighted by atomic mass is 9.85. The van der Waals surface area contributed by atoms with E-state index in [1.165, 1.54) is 12.3 Å². The molecule has 10 heteroatoms. The quantitative estimate of drug-likeness (QED) is 0.332. The molecular formula is C24H32BrClFN5OSi. The van der Waals surface area contributed by atoms with Crippen LogP contribution in [0.1, 0.15) is 52.0 Å². The SMILES string of the molecule is CC(C)(C)[Si](C)(C)OCc1cc(Nc2ncc(Cl)c(N[C@@H]3CCCC[C@H]3C#N)n2)cc(F)c1Br.